The Morgan fingerprint density at radius 2 is 2.00 bits per heavy atom. The van der Waals surface area contributed by atoms with E-state index in [2.05, 4.69) is 4.74 Å². The maximum Gasteiger partial charge on any atom is 0.325 e. The molecule has 0 saturated heterocycles. The van der Waals surface area contributed by atoms with Crippen molar-refractivity contribution in [1.29, 1.82) is 0 Å². The molecule has 1 aromatic carbocycles. The number of hydrogen-bond acceptors (Lipinski definition) is 4. The van der Waals surface area contributed by atoms with Gasteiger partial charge in [-0.15, -0.1) is 0 Å². The van der Waals surface area contributed by atoms with Gasteiger partial charge in [0, 0.05) is 12.1 Å². The number of benzene rings is 1. The van der Waals surface area contributed by atoms with Crippen LogP contribution in [0.3, 0.4) is 0 Å². The molecule has 0 aliphatic carbocycles. The van der Waals surface area contributed by atoms with E-state index in [-0.39, 0.29) is 23.8 Å². The van der Waals surface area contributed by atoms with Crippen LogP contribution in [0, 0.1) is 5.82 Å². The second kappa shape index (κ2) is 6.72. The molecule has 0 N–H and O–H groups in total. The summed E-state index contributed by atoms with van der Waals surface area (Å²) >= 11 is 0. The van der Waals surface area contributed by atoms with E-state index in [0.717, 1.165) is 6.07 Å². The van der Waals surface area contributed by atoms with Gasteiger partial charge in [0.1, 0.15) is 6.54 Å². The Labute approximate surface area is 110 Å². The molecule has 19 heavy (non-hydrogen) atoms. The Morgan fingerprint density at radius 3 is 2.53 bits per heavy atom. The van der Waals surface area contributed by atoms with Gasteiger partial charge in [0.05, 0.1) is 14.2 Å². The first kappa shape index (κ1) is 14.9. The summed E-state index contributed by atoms with van der Waals surface area (Å²) < 4.78 is 22.6. The third kappa shape index (κ3) is 3.67. The van der Waals surface area contributed by atoms with Gasteiger partial charge < -0.3 is 14.4 Å². The molecule has 0 bridgehead atoms. The molecule has 1 rings (SSSR count). The van der Waals surface area contributed by atoms with Gasteiger partial charge in [0.25, 0.3) is 5.91 Å². The first-order valence-corrected chi connectivity index (χ1v) is 5.73. The SMILES string of the molecule is CCN(CC(=O)OC)C(=O)c1ccc(F)c(OC)c1. The Bertz CT molecular complexity index is 476. The molecular formula is C13H16FNO4. The van der Waals surface area contributed by atoms with E-state index in [1.807, 2.05) is 0 Å². The summed E-state index contributed by atoms with van der Waals surface area (Å²) in [6, 6.07) is 3.80. The van der Waals surface area contributed by atoms with Crippen LogP contribution in [0.15, 0.2) is 18.2 Å². The van der Waals surface area contributed by atoms with Crippen LogP contribution >= 0.6 is 0 Å². The molecule has 0 fully saturated rings. The molecule has 104 valence electrons. The van der Waals surface area contributed by atoms with E-state index < -0.39 is 11.8 Å². The van der Waals surface area contributed by atoms with E-state index in [0.29, 0.717) is 6.54 Å². The van der Waals surface area contributed by atoms with Crippen molar-refractivity contribution in [1.82, 2.24) is 4.90 Å². The van der Waals surface area contributed by atoms with Crippen LogP contribution in [-0.4, -0.2) is 44.1 Å². The van der Waals surface area contributed by atoms with Crippen LogP contribution in [0.25, 0.3) is 0 Å². The van der Waals surface area contributed by atoms with Crippen molar-refractivity contribution in [2.45, 2.75) is 6.92 Å². The molecule has 0 radical (unpaired) electrons. The van der Waals surface area contributed by atoms with Gasteiger partial charge in [0.15, 0.2) is 11.6 Å². The summed E-state index contributed by atoms with van der Waals surface area (Å²) in [6.45, 7) is 1.93. The molecule has 0 atom stereocenters. The van der Waals surface area contributed by atoms with Gasteiger partial charge in [-0.25, -0.2) is 4.39 Å². The van der Waals surface area contributed by atoms with Gasteiger partial charge >= 0.3 is 5.97 Å². The highest BCUT2D eigenvalue weighted by Crippen LogP contribution is 2.19. The summed E-state index contributed by atoms with van der Waals surface area (Å²) in [7, 11) is 2.57. The minimum Gasteiger partial charge on any atom is -0.494 e. The fraction of sp³-hybridized carbons (Fsp3) is 0.385. The molecule has 6 heteroatoms. The first-order chi connectivity index (χ1) is 9.03. The van der Waals surface area contributed by atoms with Crippen molar-refractivity contribution in [3.8, 4) is 5.75 Å². The average Bonchev–Trinajstić information content (AvgIpc) is 2.44. The van der Waals surface area contributed by atoms with Crippen molar-refractivity contribution in [3.05, 3.63) is 29.6 Å². The lowest BCUT2D eigenvalue weighted by Crippen LogP contribution is -2.36. The Kier molecular flexibility index (Phi) is 5.29. The smallest absolute Gasteiger partial charge is 0.325 e. The maximum atomic E-state index is 13.3. The third-order valence-electron chi connectivity index (χ3n) is 2.61. The number of hydrogen-bond donors (Lipinski definition) is 0. The van der Waals surface area contributed by atoms with E-state index in [1.54, 1.807) is 6.92 Å². The molecule has 5 nitrogen and oxygen atoms in total. The number of carbonyl (C=O) groups excluding carboxylic acids is 2. The number of rotatable bonds is 5. The second-order valence-corrected chi connectivity index (χ2v) is 3.74. The highest BCUT2D eigenvalue weighted by molar-refractivity contribution is 5.96. The van der Waals surface area contributed by atoms with Gasteiger partial charge in [0.2, 0.25) is 0 Å². The number of methoxy groups -OCH3 is 2. The first-order valence-electron chi connectivity index (χ1n) is 5.73. The Hall–Kier alpha value is -2.11. The Balaban J connectivity index is 2.94. The lowest BCUT2D eigenvalue weighted by molar-refractivity contribution is -0.141. The quantitative estimate of drug-likeness (QED) is 0.760. The standard InChI is InChI=1S/C13H16FNO4/c1-4-15(8-12(16)19-3)13(17)9-5-6-10(14)11(7-9)18-2/h5-7H,4,8H2,1-3H3. The topological polar surface area (TPSA) is 55.8 Å². The van der Waals surface area contributed by atoms with Crippen molar-refractivity contribution < 1.29 is 23.5 Å². The van der Waals surface area contributed by atoms with Gasteiger partial charge in [-0.05, 0) is 25.1 Å². The fourth-order valence-corrected chi connectivity index (χ4v) is 1.52. The minimum atomic E-state index is -0.546. The largest absolute Gasteiger partial charge is 0.494 e. The summed E-state index contributed by atoms with van der Waals surface area (Å²) in [5.41, 5.74) is 0.254. The lowest BCUT2D eigenvalue weighted by atomic mass is 10.2. The van der Waals surface area contributed by atoms with Crippen molar-refractivity contribution in [3.63, 3.8) is 0 Å². The predicted octanol–water partition coefficient (Wildman–Crippen LogP) is 1.47. The van der Waals surface area contributed by atoms with E-state index in [4.69, 9.17) is 4.74 Å². The third-order valence-corrected chi connectivity index (χ3v) is 2.61. The number of amides is 1. The lowest BCUT2D eigenvalue weighted by Gasteiger charge is -2.19. The fourth-order valence-electron chi connectivity index (χ4n) is 1.52. The Morgan fingerprint density at radius 1 is 1.32 bits per heavy atom. The number of nitrogens with zero attached hydrogens (tertiary/aromatic N) is 1. The molecule has 0 aromatic heterocycles. The molecule has 0 saturated carbocycles. The molecule has 1 aromatic rings. The predicted molar refractivity (Wildman–Crippen MR) is 66.5 cm³/mol. The second-order valence-electron chi connectivity index (χ2n) is 3.74. The zero-order chi connectivity index (χ0) is 14.4. The highest BCUT2D eigenvalue weighted by Gasteiger charge is 2.19. The monoisotopic (exact) mass is 269 g/mol. The number of ether oxygens (including phenoxy) is 2. The summed E-state index contributed by atoms with van der Waals surface area (Å²) in [6.07, 6.45) is 0. The summed E-state index contributed by atoms with van der Waals surface area (Å²) in [4.78, 5) is 24.6. The summed E-state index contributed by atoms with van der Waals surface area (Å²) in [5.74, 6) is -1.45. The summed E-state index contributed by atoms with van der Waals surface area (Å²) in [5, 5.41) is 0. The van der Waals surface area contributed by atoms with E-state index >= 15 is 0 Å². The molecular weight excluding hydrogens is 253 g/mol. The normalized spacial score (nSPS) is 9.89. The van der Waals surface area contributed by atoms with Crippen LogP contribution in [-0.2, 0) is 9.53 Å². The number of likely N-dealkylation sites (N-methyl/N-ethyl adjacent to an activating group) is 1. The molecule has 0 heterocycles. The molecule has 0 aliphatic heterocycles. The maximum absolute atomic E-state index is 13.3. The zero-order valence-electron chi connectivity index (χ0n) is 11.1. The zero-order valence-corrected chi connectivity index (χ0v) is 11.1. The van der Waals surface area contributed by atoms with Gasteiger partial charge in [-0.1, -0.05) is 0 Å². The number of carbonyl (C=O) groups is 2. The van der Waals surface area contributed by atoms with Crippen LogP contribution in [0.2, 0.25) is 0 Å². The van der Waals surface area contributed by atoms with Crippen LogP contribution in [0.1, 0.15) is 17.3 Å². The minimum absolute atomic E-state index is 0.0139. The highest BCUT2D eigenvalue weighted by atomic mass is 19.1. The van der Waals surface area contributed by atoms with Crippen LogP contribution in [0.5, 0.6) is 5.75 Å². The average molecular weight is 269 g/mol. The number of esters is 1. The van der Waals surface area contributed by atoms with Gasteiger partial charge in [-0.2, -0.15) is 0 Å². The molecule has 0 unspecified atom stereocenters. The molecule has 1 amide bonds. The molecule has 0 aliphatic rings. The van der Waals surface area contributed by atoms with E-state index in [1.165, 1.54) is 31.3 Å². The van der Waals surface area contributed by atoms with Crippen molar-refractivity contribution in [2.75, 3.05) is 27.3 Å². The molecule has 0 spiro atoms. The van der Waals surface area contributed by atoms with Crippen LogP contribution < -0.4 is 4.74 Å². The van der Waals surface area contributed by atoms with E-state index in [9.17, 15) is 14.0 Å². The van der Waals surface area contributed by atoms with Crippen LogP contribution in [0.4, 0.5) is 4.39 Å². The number of halogens is 1. The van der Waals surface area contributed by atoms with Crippen molar-refractivity contribution in [2.24, 2.45) is 0 Å². The van der Waals surface area contributed by atoms with Crippen molar-refractivity contribution >= 4 is 11.9 Å². The van der Waals surface area contributed by atoms with Gasteiger partial charge in [-0.3, -0.25) is 9.59 Å².